The molecule has 116 valence electrons. The lowest BCUT2D eigenvalue weighted by Crippen LogP contribution is -2.10. The first-order valence-corrected chi connectivity index (χ1v) is 7.91. The summed E-state index contributed by atoms with van der Waals surface area (Å²) in [5, 5.41) is 3.33. The zero-order valence-electron chi connectivity index (χ0n) is 14.3. The lowest BCUT2D eigenvalue weighted by molar-refractivity contribution is 0.868. The van der Waals surface area contributed by atoms with E-state index >= 15 is 0 Å². The van der Waals surface area contributed by atoms with Gasteiger partial charge in [-0.3, -0.25) is 0 Å². The largest absolute Gasteiger partial charge is 0.368 e. The van der Waals surface area contributed by atoms with Crippen molar-refractivity contribution in [1.29, 1.82) is 0 Å². The number of benzene rings is 1. The van der Waals surface area contributed by atoms with Gasteiger partial charge in [0.25, 0.3) is 0 Å². The van der Waals surface area contributed by atoms with Crippen LogP contribution in [0.4, 0.5) is 5.82 Å². The summed E-state index contributed by atoms with van der Waals surface area (Å²) in [6.45, 7) is 14.8. The van der Waals surface area contributed by atoms with Gasteiger partial charge in [0, 0.05) is 17.8 Å². The predicted molar refractivity (Wildman–Crippen MR) is 97.2 cm³/mol. The van der Waals surface area contributed by atoms with E-state index in [1.807, 2.05) is 19.2 Å². The summed E-state index contributed by atoms with van der Waals surface area (Å²) in [5.74, 6) is 1.39. The second-order valence-electron chi connectivity index (χ2n) is 6.47. The van der Waals surface area contributed by atoms with Crippen LogP contribution in [-0.4, -0.2) is 11.0 Å². The van der Waals surface area contributed by atoms with Crippen LogP contribution in [0.2, 0.25) is 0 Å². The average Bonchev–Trinajstić information content (AvgIpc) is 2.46. The van der Waals surface area contributed by atoms with Crippen LogP contribution in [0.15, 0.2) is 43.1 Å². The van der Waals surface area contributed by atoms with Crippen molar-refractivity contribution in [3.8, 4) is 11.1 Å². The van der Waals surface area contributed by atoms with E-state index < -0.39 is 0 Å². The molecular weight excluding hydrogens is 268 g/mol. The van der Waals surface area contributed by atoms with Gasteiger partial charge < -0.3 is 5.32 Å². The molecule has 0 atom stereocenters. The molecule has 0 amide bonds. The van der Waals surface area contributed by atoms with Gasteiger partial charge in [-0.1, -0.05) is 38.1 Å². The van der Waals surface area contributed by atoms with Gasteiger partial charge in [-0.05, 0) is 61.6 Å². The molecule has 1 aromatic carbocycles. The SMILES string of the molecule is C=C(C)c1ccc(C(C)C)c(-c2ccc(NC(C)C)nc2)c1. The molecule has 2 rings (SSSR count). The lowest BCUT2D eigenvalue weighted by Gasteiger charge is -2.16. The summed E-state index contributed by atoms with van der Waals surface area (Å²) in [4.78, 5) is 4.54. The number of hydrogen-bond donors (Lipinski definition) is 1. The molecule has 1 aromatic heterocycles. The Labute approximate surface area is 134 Å². The van der Waals surface area contributed by atoms with Crippen molar-refractivity contribution < 1.29 is 0 Å². The summed E-state index contributed by atoms with van der Waals surface area (Å²) in [5.41, 5.74) is 6.02. The number of aromatic nitrogens is 1. The molecule has 0 saturated carbocycles. The van der Waals surface area contributed by atoms with Crippen LogP contribution < -0.4 is 5.32 Å². The Bertz CT molecular complexity index is 652. The molecule has 0 saturated heterocycles. The molecule has 0 aliphatic rings. The summed E-state index contributed by atoms with van der Waals surface area (Å²) in [6.07, 6.45) is 1.95. The van der Waals surface area contributed by atoms with Crippen molar-refractivity contribution >= 4 is 11.4 Å². The van der Waals surface area contributed by atoms with Crippen molar-refractivity contribution in [2.75, 3.05) is 5.32 Å². The summed E-state index contributed by atoms with van der Waals surface area (Å²) < 4.78 is 0. The van der Waals surface area contributed by atoms with E-state index in [4.69, 9.17) is 0 Å². The van der Waals surface area contributed by atoms with Crippen LogP contribution in [0.5, 0.6) is 0 Å². The number of nitrogens with zero attached hydrogens (tertiary/aromatic N) is 1. The topological polar surface area (TPSA) is 24.9 Å². The fraction of sp³-hybridized carbons (Fsp3) is 0.350. The Morgan fingerprint density at radius 1 is 1.09 bits per heavy atom. The molecule has 1 heterocycles. The van der Waals surface area contributed by atoms with Crippen LogP contribution in [0.1, 0.15) is 51.7 Å². The minimum absolute atomic E-state index is 0.385. The van der Waals surface area contributed by atoms with E-state index in [1.165, 1.54) is 16.7 Å². The first-order chi connectivity index (χ1) is 10.4. The van der Waals surface area contributed by atoms with E-state index in [1.54, 1.807) is 0 Å². The van der Waals surface area contributed by atoms with Crippen molar-refractivity contribution in [1.82, 2.24) is 4.98 Å². The zero-order chi connectivity index (χ0) is 16.3. The number of rotatable bonds is 5. The standard InChI is InChI=1S/C20H26N2/c1-13(2)16-7-9-18(14(3)4)19(11-16)17-8-10-20(21-12-17)22-15(5)6/h7-12,14-15H,1H2,2-6H3,(H,21,22). The summed E-state index contributed by atoms with van der Waals surface area (Å²) in [7, 11) is 0. The highest BCUT2D eigenvalue weighted by Gasteiger charge is 2.11. The lowest BCUT2D eigenvalue weighted by atomic mass is 9.90. The number of anilines is 1. The Balaban J connectivity index is 2.45. The number of allylic oxidation sites excluding steroid dienone is 1. The minimum atomic E-state index is 0.385. The third-order valence-electron chi connectivity index (χ3n) is 3.68. The van der Waals surface area contributed by atoms with Crippen LogP contribution >= 0.6 is 0 Å². The molecule has 1 N–H and O–H groups in total. The monoisotopic (exact) mass is 294 g/mol. The third-order valence-corrected chi connectivity index (χ3v) is 3.68. The third kappa shape index (κ3) is 3.76. The fourth-order valence-electron chi connectivity index (χ4n) is 2.51. The normalized spacial score (nSPS) is 11.0. The highest BCUT2D eigenvalue weighted by atomic mass is 15.0. The number of nitrogens with one attached hydrogen (secondary N) is 1. The van der Waals surface area contributed by atoms with Crippen LogP contribution in [0, 0.1) is 0 Å². The summed E-state index contributed by atoms with van der Waals surface area (Å²) in [6, 6.07) is 11.2. The Morgan fingerprint density at radius 3 is 2.32 bits per heavy atom. The Morgan fingerprint density at radius 2 is 1.82 bits per heavy atom. The van der Waals surface area contributed by atoms with Crippen molar-refractivity contribution in [2.24, 2.45) is 0 Å². The van der Waals surface area contributed by atoms with Gasteiger partial charge in [-0.15, -0.1) is 0 Å². The van der Waals surface area contributed by atoms with Crippen molar-refractivity contribution in [2.45, 2.75) is 46.6 Å². The predicted octanol–water partition coefficient (Wildman–Crippen LogP) is 5.73. The van der Waals surface area contributed by atoms with Gasteiger partial charge in [0.15, 0.2) is 0 Å². The van der Waals surface area contributed by atoms with Gasteiger partial charge in [0.1, 0.15) is 5.82 Å². The van der Waals surface area contributed by atoms with E-state index in [-0.39, 0.29) is 0 Å². The molecule has 0 spiro atoms. The molecule has 0 radical (unpaired) electrons. The fourth-order valence-corrected chi connectivity index (χ4v) is 2.51. The second kappa shape index (κ2) is 6.78. The quantitative estimate of drug-likeness (QED) is 0.762. The van der Waals surface area contributed by atoms with E-state index in [2.05, 4.69) is 68.8 Å². The van der Waals surface area contributed by atoms with Gasteiger partial charge in [-0.25, -0.2) is 4.98 Å². The maximum Gasteiger partial charge on any atom is 0.126 e. The van der Waals surface area contributed by atoms with Crippen molar-refractivity contribution in [3.63, 3.8) is 0 Å². The highest BCUT2D eigenvalue weighted by Crippen LogP contribution is 2.31. The van der Waals surface area contributed by atoms with Gasteiger partial charge >= 0.3 is 0 Å². The zero-order valence-corrected chi connectivity index (χ0v) is 14.3. The molecule has 0 bridgehead atoms. The Hall–Kier alpha value is -2.09. The van der Waals surface area contributed by atoms with Gasteiger partial charge in [-0.2, -0.15) is 0 Å². The maximum absolute atomic E-state index is 4.54. The smallest absolute Gasteiger partial charge is 0.126 e. The molecule has 0 aliphatic heterocycles. The second-order valence-corrected chi connectivity index (χ2v) is 6.47. The van der Waals surface area contributed by atoms with E-state index in [0.29, 0.717) is 12.0 Å². The van der Waals surface area contributed by atoms with Crippen LogP contribution in [0.3, 0.4) is 0 Å². The maximum atomic E-state index is 4.54. The molecular formula is C20H26N2. The molecule has 0 aliphatic carbocycles. The van der Waals surface area contributed by atoms with E-state index in [0.717, 1.165) is 17.0 Å². The number of pyridine rings is 1. The van der Waals surface area contributed by atoms with Gasteiger partial charge in [0.05, 0.1) is 0 Å². The van der Waals surface area contributed by atoms with Crippen LogP contribution in [0.25, 0.3) is 16.7 Å². The number of hydrogen-bond acceptors (Lipinski definition) is 2. The van der Waals surface area contributed by atoms with E-state index in [9.17, 15) is 0 Å². The van der Waals surface area contributed by atoms with Crippen molar-refractivity contribution in [3.05, 3.63) is 54.2 Å². The summed E-state index contributed by atoms with van der Waals surface area (Å²) >= 11 is 0. The molecule has 2 heteroatoms. The molecule has 0 fully saturated rings. The first kappa shape index (κ1) is 16.3. The Kier molecular flexibility index (Phi) is 5.02. The van der Waals surface area contributed by atoms with Gasteiger partial charge in [0.2, 0.25) is 0 Å². The highest BCUT2D eigenvalue weighted by molar-refractivity contribution is 5.74. The molecule has 0 unspecified atom stereocenters. The first-order valence-electron chi connectivity index (χ1n) is 7.91. The minimum Gasteiger partial charge on any atom is -0.368 e. The molecule has 2 aromatic rings. The molecule has 22 heavy (non-hydrogen) atoms. The van der Waals surface area contributed by atoms with Crippen LogP contribution in [-0.2, 0) is 0 Å². The average molecular weight is 294 g/mol. The molecule has 2 nitrogen and oxygen atoms in total.